The zero-order chi connectivity index (χ0) is 13.1. The quantitative estimate of drug-likeness (QED) is 0.638. The molecule has 94 valence electrons. The van der Waals surface area contributed by atoms with E-state index in [1.807, 2.05) is 0 Å². The number of hydrogen-bond donors (Lipinski definition) is 0. The van der Waals surface area contributed by atoms with Crippen molar-refractivity contribution in [2.75, 3.05) is 0 Å². The van der Waals surface area contributed by atoms with Gasteiger partial charge in [-0.1, -0.05) is 71.0 Å². The first-order valence-corrected chi connectivity index (χ1v) is 6.45. The van der Waals surface area contributed by atoms with Gasteiger partial charge in [-0.2, -0.15) is 0 Å². The van der Waals surface area contributed by atoms with E-state index in [0.717, 1.165) is 0 Å². The molecule has 0 aliphatic carbocycles. The lowest BCUT2D eigenvalue weighted by Gasteiger charge is -2.30. The topological polar surface area (TPSA) is 0 Å². The molecule has 0 amide bonds. The van der Waals surface area contributed by atoms with E-state index in [9.17, 15) is 0 Å². The molecule has 0 nitrogen and oxygen atoms in total. The number of rotatable bonds is 3. The Morgan fingerprint density at radius 3 is 2.00 bits per heavy atom. The van der Waals surface area contributed by atoms with Gasteiger partial charge in [-0.15, -0.1) is 0 Å². The second-order valence-electron chi connectivity index (χ2n) is 6.92. The van der Waals surface area contributed by atoms with Gasteiger partial charge in [0.1, 0.15) is 0 Å². The monoisotopic (exact) mass is 230 g/mol. The predicted molar refractivity (Wildman–Crippen MR) is 77.9 cm³/mol. The fraction of sp³-hybridized carbons (Fsp3) is 0.529. The molecule has 0 heterocycles. The van der Waals surface area contributed by atoms with Crippen molar-refractivity contribution >= 4 is 5.57 Å². The molecule has 17 heavy (non-hydrogen) atoms. The van der Waals surface area contributed by atoms with Crippen LogP contribution in [0.25, 0.3) is 5.57 Å². The van der Waals surface area contributed by atoms with Crippen LogP contribution in [0.2, 0.25) is 0 Å². The van der Waals surface area contributed by atoms with Gasteiger partial charge in [-0.05, 0) is 35.3 Å². The van der Waals surface area contributed by atoms with Crippen molar-refractivity contribution in [3.05, 3.63) is 42.0 Å². The summed E-state index contributed by atoms with van der Waals surface area (Å²) < 4.78 is 0. The summed E-state index contributed by atoms with van der Waals surface area (Å²) in [5.74, 6) is 0. The Morgan fingerprint density at radius 2 is 1.53 bits per heavy atom. The molecule has 0 bridgehead atoms. The second kappa shape index (κ2) is 5.08. The Balaban J connectivity index is 2.88. The van der Waals surface area contributed by atoms with Crippen molar-refractivity contribution in [2.24, 2.45) is 10.8 Å². The predicted octanol–water partition coefficient (Wildman–Crippen LogP) is 5.55. The van der Waals surface area contributed by atoms with Crippen LogP contribution in [0.1, 0.15) is 53.5 Å². The van der Waals surface area contributed by atoms with Crippen LogP contribution < -0.4 is 0 Å². The van der Waals surface area contributed by atoms with E-state index in [0.29, 0.717) is 5.41 Å². The molecule has 1 aromatic rings. The van der Waals surface area contributed by atoms with Gasteiger partial charge in [0, 0.05) is 0 Å². The third-order valence-electron chi connectivity index (χ3n) is 2.82. The van der Waals surface area contributed by atoms with E-state index in [-0.39, 0.29) is 5.41 Å². The Morgan fingerprint density at radius 1 is 1.00 bits per heavy atom. The largest absolute Gasteiger partial charge is 0.0753 e. The molecule has 0 saturated carbocycles. The summed E-state index contributed by atoms with van der Waals surface area (Å²) in [6.07, 6.45) is 3.61. The van der Waals surface area contributed by atoms with E-state index < -0.39 is 0 Å². The molecule has 0 aliphatic rings. The van der Waals surface area contributed by atoms with Gasteiger partial charge in [0.05, 0.1) is 0 Å². The van der Waals surface area contributed by atoms with E-state index in [2.05, 4.69) is 78.0 Å². The van der Waals surface area contributed by atoms with Crippen LogP contribution in [0.5, 0.6) is 0 Å². The summed E-state index contributed by atoms with van der Waals surface area (Å²) in [4.78, 5) is 0. The Bertz CT molecular complexity index is 374. The molecule has 0 aromatic heterocycles. The minimum Gasteiger partial charge on any atom is -0.0753 e. The lowest BCUT2D eigenvalue weighted by atomic mass is 9.75. The lowest BCUT2D eigenvalue weighted by Crippen LogP contribution is -2.18. The van der Waals surface area contributed by atoms with Gasteiger partial charge in [0.2, 0.25) is 0 Å². The molecule has 0 N–H and O–H groups in total. The van der Waals surface area contributed by atoms with Gasteiger partial charge in [-0.25, -0.2) is 0 Å². The fourth-order valence-electron chi connectivity index (χ4n) is 2.79. The van der Waals surface area contributed by atoms with E-state index >= 15 is 0 Å². The molecule has 0 atom stereocenters. The van der Waals surface area contributed by atoms with E-state index in [1.54, 1.807) is 0 Å². The molecule has 0 spiro atoms. The average molecular weight is 230 g/mol. The van der Waals surface area contributed by atoms with Gasteiger partial charge in [0.25, 0.3) is 0 Å². The molecule has 1 rings (SSSR count). The Labute approximate surface area is 107 Å². The van der Waals surface area contributed by atoms with Crippen LogP contribution in [0.3, 0.4) is 0 Å². The molecule has 0 heteroatoms. The van der Waals surface area contributed by atoms with Gasteiger partial charge < -0.3 is 0 Å². The van der Waals surface area contributed by atoms with Gasteiger partial charge in [-0.3, -0.25) is 0 Å². The van der Waals surface area contributed by atoms with Crippen molar-refractivity contribution in [1.82, 2.24) is 0 Å². The first kappa shape index (κ1) is 14.0. The highest BCUT2D eigenvalue weighted by molar-refractivity contribution is 5.64. The minimum atomic E-state index is 0.248. The second-order valence-corrected chi connectivity index (χ2v) is 6.92. The van der Waals surface area contributed by atoms with Crippen LogP contribution >= 0.6 is 0 Å². The van der Waals surface area contributed by atoms with E-state index in [4.69, 9.17) is 0 Å². The fourth-order valence-corrected chi connectivity index (χ4v) is 2.79. The summed E-state index contributed by atoms with van der Waals surface area (Å²) in [5.41, 5.74) is 3.32. The third-order valence-corrected chi connectivity index (χ3v) is 2.82. The Hall–Kier alpha value is -1.04. The normalized spacial score (nSPS) is 13.9. The molecular formula is C17H26. The van der Waals surface area contributed by atoms with Crippen LogP contribution in [0, 0.1) is 10.8 Å². The first-order valence-electron chi connectivity index (χ1n) is 6.45. The van der Waals surface area contributed by atoms with Crippen LogP contribution in [0.4, 0.5) is 0 Å². The molecule has 0 unspecified atom stereocenters. The SMILES string of the molecule is CC(=CC(C)(C)CC(C)(C)C)c1ccccc1. The highest BCUT2D eigenvalue weighted by Gasteiger charge is 2.23. The summed E-state index contributed by atoms with van der Waals surface area (Å²) in [6, 6.07) is 10.6. The molecule has 0 aliphatic heterocycles. The third kappa shape index (κ3) is 5.21. The Kier molecular flexibility index (Phi) is 4.19. The number of allylic oxidation sites excluding steroid dienone is 2. The number of hydrogen-bond acceptors (Lipinski definition) is 0. The molecule has 1 aromatic carbocycles. The average Bonchev–Trinajstić information content (AvgIpc) is 2.14. The summed E-state index contributed by atoms with van der Waals surface area (Å²) in [5, 5.41) is 0. The summed E-state index contributed by atoms with van der Waals surface area (Å²) >= 11 is 0. The van der Waals surface area contributed by atoms with Crippen LogP contribution in [0.15, 0.2) is 36.4 Å². The van der Waals surface area contributed by atoms with E-state index in [1.165, 1.54) is 17.6 Å². The van der Waals surface area contributed by atoms with Crippen molar-refractivity contribution in [1.29, 1.82) is 0 Å². The zero-order valence-electron chi connectivity index (χ0n) is 12.2. The molecule has 0 fully saturated rings. The first-order chi connectivity index (χ1) is 7.70. The van der Waals surface area contributed by atoms with Crippen molar-refractivity contribution in [2.45, 2.75) is 48.0 Å². The summed E-state index contributed by atoms with van der Waals surface area (Å²) in [7, 11) is 0. The van der Waals surface area contributed by atoms with Crippen molar-refractivity contribution in [3.8, 4) is 0 Å². The van der Waals surface area contributed by atoms with Crippen LogP contribution in [-0.2, 0) is 0 Å². The highest BCUT2D eigenvalue weighted by atomic mass is 14.3. The maximum atomic E-state index is 2.41. The molecule has 0 radical (unpaired) electrons. The molecule has 0 saturated heterocycles. The smallest absolute Gasteiger partial charge is 0.0164 e. The van der Waals surface area contributed by atoms with Crippen LogP contribution in [-0.4, -0.2) is 0 Å². The zero-order valence-corrected chi connectivity index (χ0v) is 12.2. The van der Waals surface area contributed by atoms with Crippen molar-refractivity contribution in [3.63, 3.8) is 0 Å². The highest BCUT2D eigenvalue weighted by Crippen LogP contribution is 2.36. The van der Waals surface area contributed by atoms with Crippen molar-refractivity contribution < 1.29 is 0 Å². The molecular weight excluding hydrogens is 204 g/mol. The summed E-state index contributed by atoms with van der Waals surface area (Å²) in [6.45, 7) is 13.8. The van der Waals surface area contributed by atoms with Gasteiger partial charge in [0.15, 0.2) is 0 Å². The van der Waals surface area contributed by atoms with Gasteiger partial charge >= 0.3 is 0 Å². The maximum absolute atomic E-state index is 2.41. The maximum Gasteiger partial charge on any atom is -0.0164 e. The lowest BCUT2D eigenvalue weighted by molar-refractivity contribution is 0.262. The standard InChI is InChI=1S/C17H26/c1-14(15-10-8-7-9-11-15)12-17(5,6)13-16(2,3)4/h7-12H,13H2,1-6H3. The minimum absolute atomic E-state index is 0.248. The number of benzene rings is 1.